The van der Waals surface area contributed by atoms with E-state index in [-0.39, 0.29) is 5.75 Å². The zero-order chi connectivity index (χ0) is 10.8. The lowest BCUT2D eigenvalue weighted by Gasteiger charge is -2.02. The van der Waals surface area contributed by atoms with Crippen LogP contribution < -0.4 is 4.74 Å². The molecular formula is C9H5F2NO2S. The van der Waals surface area contributed by atoms with Gasteiger partial charge in [-0.25, -0.2) is 4.98 Å². The number of fused-ring (bicyclic) bond motifs is 1. The van der Waals surface area contributed by atoms with Gasteiger partial charge >= 0.3 is 6.61 Å². The summed E-state index contributed by atoms with van der Waals surface area (Å²) in [7, 11) is 0. The molecule has 1 heterocycles. The smallest absolute Gasteiger partial charge is 0.387 e. The number of halogens is 2. The Balaban J connectivity index is 2.41. The highest BCUT2D eigenvalue weighted by Gasteiger charge is 2.07. The second-order valence-corrected chi connectivity index (χ2v) is 3.74. The summed E-state index contributed by atoms with van der Waals surface area (Å²) < 4.78 is 28.8. The number of carbonyl (C=O) groups is 1. The number of aldehydes is 1. The number of hydrogen-bond donors (Lipinski definition) is 0. The van der Waals surface area contributed by atoms with Crippen LogP contribution in [0.4, 0.5) is 8.78 Å². The highest BCUT2D eigenvalue weighted by Crippen LogP contribution is 2.25. The Hall–Kier alpha value is -1.56. The first-order chi connectivity index (χ1) is 7.19. The third-order valence-corrected chi connectivity index (χ3v) is 2.66. The van der Waals surface area contributed by atoms with Crippen LogP contribution >= 0.6 is 11.3 Å². The Labute approximate surface area is 87.3 Å². The van der Waals surface area contributed by atoms with Gasteiger partial charge in [-0.15, -0.1) is 11.3 Å². The summed E-state index contributed by atoms with van der Waals surface area (Å²) in [5, 5.41) is 0.319. The molecule has 0 amide bonds. The molecule has 2 aromatic rings. The van der Waals surface area contributed by atoms with Crippen molar-refractivity contribution in [2.75, 3.05) is 0 Å². The van der Waals surface area contributed by atoms with E-state index < -0.39 is 6.61 Å². The molecule has 2 rings (SSSR count). The number of thiazole rings is 1. The van der Waals surface area contributed by atoms with Crippen LogP contribution in [0.1, 0.15) is 9.80 Å². The fraction of sp³-hybridized carbons (Fsp3) is 0.111. The Bertz CT molecular complexity index is 498. The van der Waals surface area contributed by atoms with E-state index in [0.29, 0.717) is 16.8 Å². The average Bonchev–Trinajstić information content (AvgIpc) is 2.58. The van der Waals surface area contributed by atoms with Crippen molar-refractivity contribution in [1.82, 2.24) is 4.98 Å². The number of benzene rings is 1. The van der Waals surface area contributed by atoms with Gasteiger partial charge in [0, 0.05) is 6.07 Å². The van der Waals surface area contributed by atoms with Gasteiger partial charge in [0.05, 0.1) is 10.2 Å². The van der Waals surface area contributed by atoms with Gasteiger partial charge in [0.1, 0.15) is 5.75 Å². The van der Waals surface area contributed by atoms with Gasteiger partial charge in [-0.05, 0) is 12.1 Å². The fourth-order valence-electron chi connectivity index (χ4n) is 1.15. The molecule has 0 radical (unpaired) electrons. The van der Waals surface area contributed by atoms with Crippen LogP contribution in [0.15, 0.2) is 18.2 Å². The normalized spacial score (nSPS) is 10.9. The van der Waals surface area contributed by atoms with Crippen LogP contribution in [-0.2, 0) is 0 Å². The Kier molecular flexibility index (Phi) is 2.59. The number of carbonyl (C=O) groups excluding carboxylic acids is 1. The first kappa shape index (κ1) is 9.97. The molecule has 0 spiro atoms. The van der Waals surface area contributed by atoms with E-state index in [2.05, 4.69) is 9.72 Å². The number of aromatic nitrogens is 1. The molecule has 0 N–H and O–H groups in total. The highest BCUT2D eigenvalue weighted by molar-refractivity contribution is 7.20. The van der Waals surface area contributed by atoms with Gasteiger partial charge in [-0.2, -0.15) is 8.78 Å². The van der Waals surface area contributed by atoms with Gasteiger partial charge in [-0.3, -0.25) is 4.79 Å². The van der Waals surface area contributed by atoms with E-state index in [1.54, 1.807) is 6.07 Å². The molecule has 0 aliphatic rings. The fourth-order valence-corrected chi connectivity index (χ4v) is 1.91. The molecule has 6 heteroatoms. The van der Waals surface area contributed by atoms with Crippen molar-refractivity contribution >= 4 is 27.8 Å². The predicted molar refractivity (Wildman–Crippen MR) is 51.6 cm³/mol. The maximum absolute atomic E-state index is 11.9. The van der Waals surface area contributed by atoms with Gasteiger partial charge in [0.15, 0.2) is 11.3 Å². The third kappa shape index (κ3) is 2.10. The number of ether oxygens (including phenoxy) is 1. The summed E-state index contributed by atoms with van der Waals surface area (Å²) in [5.74, 6) is 0.0419. The van der Waals surface area contributed by atoms with Crippen LogP contribution in [0.2, 0.25) is 0 Å². The van der Waals surface area contributed by atoms with Crippen LogP contribution in [0.3, 0.4) is 0 Å². The topological polar surface area (TPSA) is 39.2 Å². The van der Waals surface area contributed by atoms with Gasteiger partial charge < -0.3 is 4.74 Å². The quantitative estimate of drug-likeness (QED) is 0.759. The SMILES string of the molecule is O=Cc1nc2cc(OC(F)F)ccc2s1. The van der Waals surface area contributed by atoms with E-state index in [0.717, 1.165) is 4.70 Å². The van der Waals surface area contributed by atoms with Gasteiger partial charge in [0.2, 0.25) is 0 Å². The molecule has 0 aliphatic heterocycles. The maximum Gasteiger partial charge on any atom is 0.387 e. The molecule has 0 unspecified atom stereocenters. The minimum Gasteiger partial charge on any atom is -0.435 e. The lowest BCUT2D eigenvalue weighted by Crippen LogP contribution is -2.01. The first-order valence-corrected chi connectivity index (χ1v) is 4.81. The largest absolute Gasteiger partial charge is 0.435 e. The molecule has 1 aromatic heterocycles. The zero-order valence-electron chi connectivity index (χ0n) is 7.31. The molecule has 1 aromatic carbocycles. The van der Waals surface area contributed by atoms with Crippen molar-refractivity contribution in [3.05, 3.63) is 23.2 Å². The van der Waals surface area contributed by atoms with Crippen LogP contribution in [0, 0.1) is 0 Å². The zero-order valence-corrected chi connectivity index (χ0v) is 8.13. The number of nitrogens with zero attached hydrogens (tertiary/aromatic N) is 1. The van der Waals surface area contributed by atoms with E-state index >= 15 is 0 Å². The van der Waals surface area contributed by atoms with Crippen molar-refractivity contribution < 1.29 is 18.3 Å². The summed E-state index contributed by atoms with van der Waals surface area (Å²) in [4.78, 5) is 14.4. The minimum absolute atomic E-state index is 0.0419. The maximum atomic E-state index is 11.9. The molecule has 0 fully saturated rings. The summed E-state index contributed by atoms with van der Waals surface area (Å²) in [6.07, 6.45) is 0.623. The van der Waals surface area contributed by atoms with E-state index in [9.17, 15) is 13.6 Å². The molecule has 3 nitrogen and oxygen atoms in total. The summed E-state index contributed by atoms with van der Waals surface area (Å²) in [6, 6.07) is 4.39. The lowest BCUT2D eigenvalue weighted by atomic mass is 10.3. The van der Waals surface area contributed by atoms with Crippen LogP contribution in [0.25, 0.3) is 10.2 Å². The standard InChI is InChI=1S/C9H5F2NO2S/c10-9(11)14-5-1-2-7-6(3-5)12-8(4-13)15-7/h1-4,9H. The second kappa shape index (κ2) is 3.90. The Morgan fingerprint density at radius 2 is 2.27 bits per heavy atom. The van der Waals surface area contributed by atoms with Crippen molar-refractivity contribution in [3.63, 3.8) is 0 Å². The number of rotatable bonds is 3. The molecule has 0 bridgehead atoms. The highest BCUT2D eigenvalue weighted by atomic mass is 32.1. The van der Waals surface area contributed by atoms with Crippen molar-refractivity contribution in [3.8, 4) is 5.75 Å². The number of alkyl halides is 2. The molecule has 0 saturated heterocycles. The minimum atomic E-state index is -2.85. The summed E-state index contributed by atoms with van der Waals surface area (Å²) in [5.41, 5.74) is 0.486. The molecule has 0 atom stereocenters. The second-order valence-electron chi connectivity index (χ2n) is 2.68. The predicted octanol–water partition coefficient (Wildman–Crippen LogP) is 2.71. The number of hydrogen-bond acceptors (Lipinski definition) is 4. The van der Waals surface area contributed by atoms with Crippen molar-refractivity contribution in [2.45, 2.75) is 6.61 Å². The average molecular weight is 229 g/mol. The van der Waals surface area contributed by atoms with Gasteiger partial charge in [0.25, 0.3) is 0 Å². The van der Waals surface area contributed by atoms with Crippen LogP contribution in [-0.4, -0.2) is 17.9 Å². The lowest BCUT2D eigenvalue weighted by molar-refractivity contribution is -0.0497. The molecule has 15 heavy (non-hydrogen) atoms. The van der Waals surface area contributed by atoms with Crippen molar-refractivity contribution in [2.24, 2.45) is 0 Å². The molecule has 0 aliphatic carbocycles. The monoisotopic (exact) mass is 229 g/mol. The molecule has 78 valence electrons. The first-order valence-electron chi connectivity index (χ1n) is 3.99. The van der Waals surface area contributed by atoms with Crippen molar-refractivity contribution in [1.29, 1.82) is 0 Å². The summed E-state index contributed by atoms with van der Waals surface area (Å²) in [6.45, 7) is -2.85. The third-order valence-electron chi connectivity index (χ3n) is 1.70. The van der Waals surface area contributed by atoms with E-state index in [1.807, 2.05) is 0 Å². The Morgan fingerprint density at radius 1 is 1.47 bits per heavy atom. The summed E-state index contributed by atoms with van der Waals surface area (Å²) >= 11 is 1.20. The van der Waals surface area contributed by atoms with Crippen LogP contribution in [0.5, 0.6) is 5.75 Å². The molecular weight excluding hydrogens is 224 g/mol. The van der Waals surface area contributed by atoms with Gasteiger partial charge in [-0.1, -0.05) is 0 Å². The van der Waals surface area contributed by atoms with E-state index in [1.165, 1.54) is 23.5 Å². The Morgan fingerprint density at radius 3 is 2.93 bits per heavy atom. The van der Waals surface area contributed by atoms with E-state index in [4.69, 9.17) is 0 Å². The molecule has 0 saturated carbocycles.